The Labute approximate surface area is 249 Å². The van der Waals surface area contributed by atoms with E-state index in [-0.39, 0.29) is 5.41 Å². The molecule has 2 aromatic heterocycles. The largest absolute Gasteiger partial charge is 0.355 e. The lowest BCUT2D eigenvalue weighted by Crippen LogP contribution is -2.58. The van der Waals surface area contributed by atoms with Crippen molar-refractivity contribution in [2.24, 2.45) is 0 Å². The summed E-state index contributed by atoms with van der Waals surface area (Å²) in [6, 6.07) is 10.7. The van der Waals surface area contributed by atoms with Crippen LogP contribution in [0, 0.1) is 0 Å². The van der Waals surface area contributed by atoms with Crippen molar-refractivity contribution in [2.75, 3.05) is 43.0 Å². The van der Waals surface area contributed by atoms with E-state index < -0.39 is 0 Å². The molecule has 8 rings (SSSR count). The van der Waals surface area contributed by atoms with Gasteiger partial charge in [-0.1, -0.05) is 18.6 Å². The van der Waals surface area contributed by atoms with Crippen LogP contribution in [0.3, 0.4) is 0 Å². The number of aromatic nitrogens is 3. The van der Waals surface area contributed by atoms with E-state index in [1.54, 1.807) is 0 Å². The molecule has 0 bridgehead atoms. The van der Waals surface area contributed by atoms with Gasteiger partial charge in [-0.15, -0.1) is 0 Å². The minimum Gasteiger partial charge on any atom is -0.355 e. The van der Waals surface area contributed by atoms with Gasteiger partial charge in [-0.25, -0.2) is 9.97 Å². The SMILES string of the molecule is CC(C)n1cnc2cc(-c3ccc4c(c3)N(C3CC(N5CCCCC5)C3)C(=O)C43CCNCC3)nc(N(C)C3CC3)c21. The van der Waals surface area contributed by atoms with E-state index in [0.29, 0.717) is 30.1 Å². The maximum atomic E-state index is 14.4. The molecular weight excluding hydrogens is 522 g/mol. The highest BCUT2D eigenvalue weighted by Crippen LogP contribution is 2.51. The third-order valence-corrected chi connectivity index (χ3v) is 11.0. The fourth-order valence-electron chi connectivity index (χ4n) is 8.26. The van der Waals surface area contributed by atoms with Crippen LogP contribution in [0.25, 0.3) is 22.3 Å². The van der Waals surface area contributed by atoms with Crippen molar-refractivity contribution in [2.45, 2.75) is 101 Å². The molecule has 1 amide bonds. The fraction of sp³-hybridized carbons (Fsp3) is 0.618. The number of fused-ring (bicyclic) bond motifs is 3. The van der Waals surface area contributed by atoms with Gasteiger partial charge < -0.3 is 24.6 Å². The minimum atomic E-state index is -0.389. The third kappa shape index (κ3) is 4.12. The van der Waals surface area contributed by atoms with Crippen LogP contribution < -0.4 is 15.1 Å². The van der Waals surface area contributed by atoms with Crippen molar-refractivity contribution in [3.05, 3.63) is 36.2 Å². The van der Waals surface area contributed by atoms with Crippen LogP contribution in [-0.4, -0.2) is 76.7 Å². The van der Waals surface area contributed by atoms with E-state index in [2.05, 4.69) is 69.7 Å². The lowest BCUT2D eigenvalue weighted by molar-refractivity contribution is -0.125. The lowest BCUT2D eigenvalue weighted by Gasteiger charge is -2.48. The molecule has 5 aliphatic rings. The number of amides is 1. The first kappa shape index (κ1) is 26.6. The van der Waals surface area contributed by atoms with Crippen LogP contribution in [0.15, 0.2) is 30.6 Å². The number of hydrogen-bond acceptors (Lipinski definition) is 6. The molecule has 1 aromatic carbocycles. The number of hydrogen-bond donors (Lipinski definition) is 1. The maximum Gasteiger partial charge on any atom is 0.238 e. The molecule has 2 saturated carbocycles. The Balaban J connectivity index is 1.19. The smallest absolute Gasteiger partial charge is 0.238 e. The predicted molar refractivity (Wildman–Crippen MR) is 168 cm³/mol. The van der Waals surface area contributed by atoms with Crippen LogP contribution in [0.4, 0.5) is 11.5 Å². The number of carbonyl (C=O) groups excluding carboxylic acids is 1. The van der Waals surface area contributed by atoms with Crippen LogP contribution >= 0.6 is 0 Å². The quantitative estimate of drug-likeness (QED) is 0.438. The molecule has 0 unspecified atom stereocenters. The van der Waals surface area contributed by atoms with Gasteiger partial charge in [0.2, 0.25) is 5.91 Å². The molecule has 4 fully saturated rings. The second-order valence-electron chi connectivity index (χ2n) is 13.9. The van der Waals surface area contributed by atoms with Gasteiger partial charge in [0.25, 0.3) is 0 Å². The molecule has 2 saturated heterocycles. The van der Waals surface area contributed by atoms with Crippen molar-refractivity contribution < 1.29 is 4.79 Å². The number of pyridine rings is 1. The summed E-state index contributed by atoms with van der Waals surface area (Å²) >= 11 is 0. The van der Waals surface area contributed by atoms with E-state index in [0.717, 1.165) is 72.6 Å². The van der Waals surface area contributed by atoms with Gasteiger partial charge in [0.1, 0.15) is 5.52 Å². The fourth-order valence-corrected chi connectivity index (χ4v) is 8.26. The summed E-state index contributed by atoms with van der Waals surface area (Å²) in [7, 11) is 2.18. The Morgan fingerprint density at radius 2 is 1.79 bits per heavy atom. The average Bonchev–Trinajstić information content (AvgIpc) is 3.71. The number of imidazole rings is 1. The second-order valence-corrected chi connectivity index (χ2v) is 13.9. The molecule has 42 heavy (non-hydrogen) atoms. The summed E-state index contributed by atoms with van der Waals surface area (Å²) in [5, 5.41) is 3.50. The summed E-state index contributed by atoms with van der Waals surface area (Å²) in [5.74, 6) is 1.36. The van der Waals surface area contributed by atoms with Crippen LogP contribution in [0.5, 0.6) is 0 Å². The van der Waals surface area contributed by atoms with E-state index in [1.807, 2.05) is 6.33 Å². The lowest BCUT2D eigenvalue weighted by atomic mass is 9.74. The third-order valence-electron chi connectivity index (χ3n) is 11.0. The summed E-state index contributed by atoms with van der Waals surface area (Å²) in [6.45, 7) is 8.65. The molecule has 222 valence electrons. The summed E-state index contributed by atoms with van der Waals surface area (Å²) in [5.41, 5.74) is 6.11. The predicted octanol–water partition coefficient (Wildman–Crippen LogP) is 5.26. The van der Waals surface area contributed by atoms with Gasteiger partial charge in [0, 0.05) is 42.5 Å². The molecule has 1 spiro atoms. The Bertz CT molecular complexity index is 1510. The van der Waals surface area contributed by atoms with Gasteiger partial charge in [0.05, 0.1) is 23.0 Å². The van der Waals surface area contributed by atoms with Gasteiger partial charge in [-0.05, 0) is 109 Å². The van der Waals surface area contributed by atoms with E-state index >= 15 is 0 Å². The Hall–Kier alpha value is -2.97. The molecule has 2 aliphatic carbocycles. The minimum absolute atomic E-state index is 0.293. The highest BCUT2D eigenvalue weighted by molar-refractivity contribution is 6.09. The summed E-state index contributed by atoms with van der Waals surface area (Å²) < 4.78 is 2.25. The maximum absolute atomic E-state index is 14.4. The highest BCUT2D eigenvalue weighted by atomic mass is 16.2. The molecule has 3 aliphatic heterocycles. The van der Waals surface area contributed by atoms with Crippen LogP contribution in [0.1, 0.15) is 83.2 Å². The number of nitrogens with one attached hydrogen (secondary N) is 1. The molecule has 1 N–H and O–H groups in total. The standard InChI is InChI=1S/C34H45N7O/c1-22(2)40-21-36-29-20-28(37-32(31(29)40)38(3)24-8-9-24)23-7-10-27-30(17-23)41(33(42)34(27)11-13-35-14-12-34)26-18-25(19-26)39-15-5-4-6-16-39/h7,10,17,20-22,24-26,35H,4-6,8-9,11-16,18-19H2,1-3H3. The van der Waals surface area contributed by atoms with E-state index in [9.17, 15) is 4.79 Å². The van der Waals surface area contributed by atoms with E-state index in [4.69, 9.17) is 9.97 Å². The van der Waals surface area contributed by atoms with E-state index in [1.165, 1.54) is 50.8 Å². The number of likely N-dealkylation sites (tertiary alicyclic amines) is 1. The van der Waals surface area contributed by atoms with Crippen molar-refractivity contribution in [1.29, 1.82) is 0 Å². The first-order valence-electron chi connectivity index (χ1n) is 16.5. The van der Waals surface area contributed by atoms with Gasteiger partial charge in [-0.3, -0.25) is 4.79 Å². The molecule has 3 aromatic rings. The molecule has 8 nitrogen and oxygen atoms in total. The monoisotopic (exact) mass is 567 g/mol. The first-order chi connectivity index (χ1) is 20.4. The zero-order valence-corrected chi connectivity index (χ0v) is 25.5. The first-order valence-corrected chi connectivity index (χ1v) is 16.5. The Morgan fingerprint density at radius 3 is 2.50 bits per heavy atom. The molecule has 0 atom stereocenters. The second kappa shape index (κ2) is 10.1. The molecule has 8 heteroatoms. The van der Waals surface area contributed by atoms with Gasteiger partial charge in [-0.2, -0.15) is 0 Å². The highest BCUT2D eigenvalue weighted by Gasteiger charge is 2.54. The number of piperidine rings is 2. The number of nitrogens with zero attached hydrogens (tertiary/aromatic N) is 6. The molecule has 5 heterocycles. The number of anilines is 2. The molecule has 0 radical (unpaired) electrons. The zero-order valence-electron chi connectivity index (χ0n) is 25.5. The Morgan fingerprint density at radius 1 is 1.02 bits per heavy atom. The average molecular weight is 568 g/mol. The zero-order chi connectivity index (χ0) is 28.6. The van der Waals surface area contributed by atoms with Crippen LogP contribution in [0.2, 0.25) is 0 Å². The normalized spacial score (nSPS) is 25.8. The van der Waals surface area contributed by atoms with Crippen molar-refractivity contribution >= 4 is 28.4 Å². The number of carbonyl (C=O) groups is 1. The van der Waals surface area contributed by atoms with Crippen molar-refractivity contribution in [1.82, 2.24) is 24.8 Å². The molecular formula is C34H45N7O. The topological polar surface area (TPSA) is 69.5 Å². The Kier molecular flexibility index (Phi) is 6.38. The van der Waals surface area contributed by atoms with Crippen LogP contribution in [-0.2, 0) is 10.2 Å². The summed E-state index contributed by atoms with van der Waals surface area (Å²) in [4.78, 5) is 31.9. The van der Waals surface area contributed by atoms with Gasteiger partial charge >= 0.3 is 0 Å². The van der Waals surface area contributed by atoms with Gasteiger partial charge in [0.15, 0.2) is 5.82 Å². The number of rotatable bonds is 6. The number of benzene rings is 1. The van der Waals surface area contributed by atoms with Crippen molar-refractivity contribution in [3.63, 3.8) is 0 Å². The van der Waals surface area contributed by atoms with Crippen molar-refractivity contribution in [3.8, 4) is 11.3 Å². The summed E-state index contributed by atoms with van der Waals surface area (Å²) in [6.07, 6.45) is 12.3.